The summed E-state index contributed by atoms with van der Waals surface area (Å²) in [6, 6.07) is 7.46. The molecule has 1 rings (SSSR count). The first kappa shape index (κ1) is 10.7. The van der Waals surface area contributed by atoms with Crippen LogP contribution < -0.4 is 5.73 Å². The molecule has 2 N–H and O–H groups in total. The average molecular weight is 193 g/mol. The zero-order chi connectivity index (χ0) is 10.6. The Balaban J connectivity index is 2.67. The first-order chi connectivity index (χ1) is 6.63. The molecular formula is C11H15NO2. The van der Waals surface area contributed by atoms with Crippen LogP contribution in [0.15, 0.2) is 24.3 Å². The number of carbonyl (C=O) groups excluding carboxylic acids is 1. The van der Waals surface area contributed by atoms with Crippen molar-refractivity contribution in [2.75, 3.05) is 12.8 Å². The number of ether oxygens (including phenoxy) is 1. The number of hydrogen-bond acceptors (Lipinski definition) is 3. The molecule has 3 nitrogen and oxygen atoms in total. The molecule has 1 atom stereocenters. The second-order valence-electron chi connectivity index (χ2n) is 3.28. The monoisotopic (exact) mass is 193 g/mol. The first-order valence-corrected chi connectivity index (χ1v) is 4.51. The Labute approximate surface area is 83.9 Å². The van der Waals surface area contributed by atoms with E-state index < -0.39 is 0 Å². The maximum atomic E-state index is 11.1. The quantitative estimate of drug-likeness (QED) is 0.736. The molecule has 0 aliphatic rings. The fourth-order valence-corrected chi connectivity index (χ4v) is 1.26. The van der Waals surface area contributed by atoms with E-state index >= 15 is 0 Å². The molecule has 0 amide bonds. The third-order valence-corrected chi connectivity index (χ3v) is 2.14. The molecule has 1 unspecified atom stereocenters. The summed E-state index contributed by atoms with van der Waals surface area (Å²) < 4.78 is 5.07. The van der Waals surface area contributed by atoms with Gasteiger partial charge in [0.1, 0.15) is 6.10 Å². The number of rotatable bonds is 4. The highest BCUT2D eigenvalue weighted by Gasteiger charge is 2.12. The Bertz CT molecular complexity index is 306. The number of hydrogen-bond donors (Lipinski definition) is 1. The lowest BCUT2D eigenvalue weighted by atomic mass is 10.1. The standard InChI is InChI=1S/C11H15NO2/c1-8(13)11(14-2)7-9-3-5-10(12)6-4-9/h3-6,11H,7,12H2,1-2H3. The molecule has 14 heavy (non-hydrogen) atoms. The van der Waals surface area contributed by atoms with Crippen LogP contribution in [-0.2, 0) is 16.0 Å². The van der Waals surface area contributed by atoms with Crippen LogP contribution in [0.3, 0.4) is 0 Å². The summed E-state index contributed by atoms with van der Waals surface area (Å²) in [4.78, 5) is 11.1. The van der Waals surface area contributed by atoms with Gasteiger partial charge in [-0.15, -0.1) is 0 Å². The predicted octanol–water partition coefficient (Wildman–Crippen LogP) is 1.42. The largest absolute Gasteiger partial charge is 0.399 e. The van der Waals surface area contributed by atoms with Crippen molar-refractivity contribution in [1.82, 2.24) is 0 Å². The van der Waals surface area contributed by atoms with E-state index in [2.05, 4.69) is 0 Å². The van der Waals surface area contributed by atoms with Gasteiger partial charge in [-0.25, -0.2) is 0 Å². The van der Waals surface area contributed by atoms with Crippen molar-refractivity contribution in [3.05, 3.63) is 29.8 Å². The van der Waals surface area contributed by atoms with Crippen LogP contribution in [0.1, 0.15) is 12.5 Å². The predicted molar refractivity (Wildman–Crippen MR) is 56.0 cm³/mol. The molecule has 76 valence electrons. The third kappa shape index (κ3) is 2.85. The molecule has 0 saturated carbocycles. The molecule has 0 saturated heterocycles. The number of Topliss-reactive ketones (excluding diaryl/α,β-unsaturated/α-hetero) is 1. The molecule has 1 aromatic carbocycles. The van der Waals surface area contributed by atoms with Gasteiger partial charge < -0.3 is 10.5 Å². The molecule has 3 heteroatoms. The van der Waals surface area contributed by atoms with Crippen molar-refractivity contribution in [3.8, 4) is 0 Å². The van der Waals surface area contributed by atoms with E-state index in [9.17, 15) is 4.79 Å². The number of ketones is 1. The van der Waals surface area contributed by atoms with Crippen molar-refractivity contribution in [2.24, 2.45) is 0 Å². The van der Waals surface area contributed by atoms with Crippen molar-refractivity contribution in [2.45, 2.75) is 19.4 Å². The summed E-state index contributed by atoms with van der Waals surface area (Å²) in [5.74, 6) is 0.0457. The van der Waals surface area contributed by atoms with Gasteiger partial charge in [-0.05, 0) is 24.6 Å². The zero-order valence-electron chi connectivity index (χ0n) is 8.49. The van der Waals surface area contributed by atoms with Gasteiger partial charge in [-0.2, -0.15) is 0 Å². The lowest BCUT2D eigenvalue weighted by Gasteiger charge is -2.11. The summed E-state index contributed by atoms with van der Waals surface area (Å²) in [6.45, 7) is 1.53. The number of nitrogen functional groups attached to an aromatic ring is 1. The Morgan fingerprint density at radius 3 is 2.43 bits per heavy atom. The molecule has 0 aliphatic heterocycles. The van der Waals surface area contributed by atoms with Gasteiger partial charge in [-0.1, -0.05) is 12.1 Å². The third-order valence-electron chi connectivity index (χ3n) is 2.14. The summed E-state index contributed by atoms with van der Waals surface area (Å²) in [6.07, 6.45) is 0.255. The lowest BCUT2D eigenvalue weighted by Crippen LogP contribution is -2.22. The van der Waals surface area contributed by atoms with E-state index in [-0.39, 0.29) is 11.9 Å². The zero-order valence-corrected chi connectivity index (χ0v) is 8.49. The van der Waals surface area contributed by atoms with E-state index in [1.165, 1.54) is 6.92 Å². The number of nitrogens with two attached hydrogens (primary N) is 1. The second kappa shape index (κ2) is 4.77. The maximum Gasteiger partial charge on any atom is 0.158 e. The van der Waals surface area contributed by atoms with Crippen LogP contribution in [0.2, 0.25) is 0 Å². The van der Waals surface area contributed by atoms with Crippen LogP contribution in [0.25, 0.3) is 0 Å². The fraction of sp³-hybridized carbons (Fsp3) is 0.364. The minimum atomic E-state index is -0.348. The van der Waals surface area contributed by atoms with Crippen molar-refractivity contribution in [1.29, 1.82) is 0 Å². The van der Waals surface area contributed by atoms with Gasteiger partial charge in [0.25, 0.3) is 0 Å². The number of carbonyl (C=O) groups is 1. The van der Waals surface area contributed by atoms with Gasteiger partial charge in [0.05, 0.1) is 0 Å². The Hall–Kier alpha value is -1.35. The van der Waals surface area contributed by atoms with Crippen molar-refractivity contribution >= 4 is 11.5 Å². The van der Waals surface area contributed by atoms with E-state index in [4.69, 9.17) is 10.5 Å². The molecule has 0 fully saturated rings. The van der Waals surface area contributed by atoms with Gasteiger partial charge in [-0.3, -0.25) is 4.79 Å². The van der Waals surface area contributed by atoms with Crippen LogP contribution in [-0.4, -0.2) is 19.0 Å². The molecule has 0 spiro atoms. The molecule has 0 bridgehead atoms. The van der Waals surface area contributed by atoms with E-state index in [1.54, 1.807) is 7.11 Å². The van der Waals surface area contributed by atoms with Crippen LogP contribution in [0.5, 0.6) is 0 Å². The van der Waals surface area contributed by atoms with Gasteiger partial charge in [0.15, 0.2) is 5.78 Å². The molecule has 1 aromatic rings. The summed E-state index contributed by atoms with van der Waals surface area (Å²) in [7, 11) is 1.55. The fourth-order valence-electron chi connectivity index (χ4n) is 1.26. The first-order valence-electron chi connectivity index (χ1n) is 4.51. The van der Waals surface area contributed by atoms with Gasteiger partial charge in [0.2, 0.25) is 0 Å². The summed E-state index contributed by atoms with van der Waals surface area (Å²) in [5, 5.41) is 0. The van der Waals surface area contributed by atoms with E-state index in [0.717, 1.165) is 11.3 Å². The van der Waals surface area contributed by atoms with Gasteiger partial charge >= 0.3 is 0 Å². The Morgan fingerprint density at radius 2 is 2.00 bits per heavy atom. The van der Waals surface area contributed by atoms with Crippen LogP contribution >= 0.6 is 0 Å². The number of benzene rings is 1. The van der Waals surface area contributed by atoms with Crippen molar-refractivity contribution < 1.29 is 9.53 Å². The summed E-state index contributed by atoms with van der Waals surface area (Å²) in [5.41, 5.74) is 7.34. The Morgan fingerprint density at radius 1 is 1.43 bits per heavy atom. The highest BCUT2D eigenvalue weighted by Crippen LogP contribution is 2.09. The molecule has 0 aliphatic carbocycles. The minimum absolute atomic E-state index is 0.0457. The number of anilines is 1. The van der Waals surface area contributed by atoms with E-state index in [1.807, 2.05) is 24.3 Å². The molecule has 0 heterocycles. The SMILES string of the molecule is COC(Cc1ccc(N)cc1)C(C)=O. The maximum absolute atomic E-state index is 11.1. The normalized spacial score (nSPS) is 12.4. The highest BCUT2D eigenvalue weighted by atomic mass is 16.5. The Kier molecular flexibility index (Phi) is 3.65. The number of methoxy groups -OCH3 is 1. The molecule has 0 aromatic heterocycles. The molecule has 0 radical (unpaired) electrons. The van der Waals surface area contributed by atoms with Crippen LogP contribution in [0.4, 0.5) is 5.69 Å². The topological polar surface area (TPSA) is 52.3 Å². The van der Waals surface area contributed by atoms with Gasteiger partial charge in [0, 0.05) is 19.2 Å². The van der Waals surface area contributed by atoms with Crippen molar-refractivity contribution in [3.63, 3.8) is 0 Å². The molecular weight excluding hydrogens is 178 g/mol. The lowest BCUT2D eigenvalue weighted by molar-refractivity contribution is -0.126. The average Bonchev–Trinajstić information content (AvgIpc) is 2.16. The second-order valence-corrected chi connectivity index (χ2v) is 3.28. The van der Waals surface area contributed by atoms with Crippen LogP contribution in [0, 0.1) is 0 Å². The minimum Gasteiger partial charge on any atom is -0.399 e. The summed E-state index contributed by atoms with van der Waals surface area (Å²) >= 11 is 0. The smallest absolute Gasteiger partial charge is 0.158 e. The highest BCUT2D eigenvalue weighted by molar-refractivity contribution is 5.80. The van der Waals surface area contributed by atoms with E-state index in [0.29, 0.717) is 6.42 Å².